The van der Waals surface area contributed by atoms with Crippen LogP contribution in [0.25, 0.3) is 0 Å². The molecule has 3 rings (SSSR count). The first-order valence-electron chi connectivity index (χ1n) is 12.9. The Kier molecular flexibility index (Phi) is 11.0. The highest BCUT2D eigenvalue weighted by Gasteiger charge is 2.33. The lowest BCUT2D eigenvalue weighted by molar-refractivity contribution is -0.140. The fourth-order valence-electron chi connectivity index (χ4n) is 4.25. The summed E-state index contributed by atoms with van der Waals surface area (Å²) in [6.45, 7) is 3.31. The predicted molar refractivity (Wildman–Crippen MR) is 161 cm³/mol. The van der Waals surface area contributed by atoms with Crippen LogP contribution in [-0.2, 0) is 32.6 Å². The standard InChI is InChI=1S/C30H34BrN3O5S/c1-4-16-32-30(37)28(18-23-10-6-5-7-11-23)33(20-24-12-8-14-26(31)17-24)29(36)21-34(40(3,38)39)27-15-9-13-25(19-27)22(2)35/h5-15,17,19,28H,4,16,18,20-21H2,1-3H3,(H,32,37). The van der Waals surface area contributed by atoms with Crippen LogP contribution in [-0.4, -0.2) is 56.3 Å². The maximum atomic E-state index is 14.1. The zero-order valence-corrected chi connectivity index (χ0v) is 25.2. The molecule has 0 aliphatic carbocycles. The Bertz CT molecular complexity index is 1450. The van der Waals surface area contributed by atoms with Crippen LogP contribution in [0, 0.1) is 0 Å². The van der Waals surface area contributed by atoms with Crippen molar-refractivity contribution in [3.63, 3.8) is 0 Å². The minimum Gasteiger partial charge on any atom is -0.354 e. The van der Waals surface area contributed by atoms with Crippen molar-refractivity contribution in [3.05, 3.63) is 100 Å². The van der Waals surface area contributed by atoms with Crippen LogP contribution in [0.15, 0.2) is 83.3 Å². The van der Waals surface area contributed by atoms with Gasteiger partial charge in [-0.2, -0.15) is 0 Å². The zero-order valence-electron chi connectivity index (χ0n) is 22.8. The Balaban J connectivity index is 2.06. The highest BCUT2D eigenvalue weighted by molar-refractivity contribution is 9.10. The van der Waals surface area contributed by atoms with Crippen LogP contribution in [0.4, 0.5) is 5.69 Å². The van der Waals surface area contributed by atoms with E-state index in [0.29, 0.717) is 12.1 Å². The molecule has 1 unspecified atom stereocenters. The van der Waals surface area contributed by atoms with Gasteiger partial charge in [0.1, 0.15) is 12.6 Å². The van der Waals surface area contributed by atoms with Gasteiger partial charge in [0, 0.05) is 29.5 Å². The summed E-state index contributed by atoms with van der Waals surface area (Å²) in [4.78, 5) is 41.0. The van der Waals surface area contributed by atoms with Gasteiger partial charge in [0.05, 0.1) is 11.9 Å². The Morgan fingerprint density at radius 2 is 1.60 bits per heavy atom. The van der Waals surface area contributed by atoms with E-state index in [1.807, 2.05) is 61.5 Å². The molecule has 0 fully saturated rings. The molecule has 212 valence electrons. The van der Waals surface area contributed by atoms with Crippen LogP contribution in [0.3, 0.4) is 0 Å². The summed E-state index contributed by atoms with van der Waals surface area (Å²) in [6, 6.07) is 22.0. The third-order valence-corrected chi connectivity index (χ3v) is 7.92. The number of hydrogen-bond acceptors (Lipinski definition) is 5. The number of nitrogens with one attached hydrogen (secondary N) is 1. The lowest BCUT2D eigenvalue weighted by Gasteiger charge is -2.33. The summed E-state index contributed by atoms with van der Waals surface area (Å²) in [5, 5.41) is 2.91. The monoisotopic (exact) mass is 627 g/mol. The lowest BCUT2D eigenvalue weighted by Crippen LogP contribution is -2.53. The maximum absolute atomic E-state index is 14.1. The van der Waals surface area contributed by atoms with E-state index in [2.05, 4.69) is 21.2 Å². The summed E-state index contributed by atoms with van der Waals surface area (Å²) in [5.41, 5.74) is 2.15. The number of rotatable bonds is 13. The van der Waals surface area contributed by atoms with Gasteiger partial charge in [-0.1, -0.05) is 77.5 Å². The largest absolute Gasteiger partial charge is 0.354 e. The molecular formula is C30H34BrN3O5S. The molecule has 1 atom stereocenters. The second-order valence-electron chi connectivity index (χ2n) is 9.52. The Labute approximate surface area is 244 Å². The highest BCUT2D eigenvalue weighted by Crippen LogP contribution is 2.22. The van der Waals surface area contributed by atoms with Crippen molar-refractivity contribution >= 4 is 49.2 Å². The van der Waals surface area contributed by atoms with Gasteiger partial charge in [-0.05, 0) is 48.7 Å². The Hall–Kier alpha value is -3.50. The summed E-state index contributed by atoms with van der Waals surface area (Å²) in [5.74, 6) is -1.10. The van der Waals surface area contributed by atoms with Gasteiger partial charge in [-0.3, -0.25) is 18.7 Å². The number of carbonyl (C=O) groups excluding carboxylic acids is 3. The topological polar surface area (TPSA) is 104 Å². The molecule has 0 spiro atoms. The smallest absolute Gasteiger partial charge is 0.244 e. The first-order valence-corrected chi connectivity index (χ1v) is 15.6. The molecular weight excluding hydrogens is 594 g/mol. The van der Waals surface area contributed by atoms with E-state index in [0.717, 1.165) is 32.6 Å². The van der Waals surface area contributed by atoms with E-state index < -0.39 is 28.5 Å². The van der Waals surface area contributed by atoms with Gasteiger partial charge < -0.3 is 10.2 Å². The van der Waals surface area contributed by atoms with Crippen molar-refractivity contribution in [3.8, 4) is 0 Å². The third-order valence-electron chi connectivity index (χ3n) is 6.28. The molecule has 40 heavy (non-hydrogen) atoms. The molecule has 10 heteroatoms. The number of benzene rings is 3. The van der Waals surface area contributed by atoms with Crippen LogP contribution < -0.4 is 9.62 Å². The van der Waals surface area contributed by atoms with Crippen molar-refractivity contribution < 1.29 is 22.8 Å². The molecule has 1 N–H and O–H groups in total. The lowest BCUT2D eigenvalue weighted by atomic mass is 10.0. The number of anilines is 1. The Morgan fingerprint density at radius 1 is 0.925 bits per heavy atom. The van der Waals surface area contributed by atoms with Crippen LogP contribution >= 0.6 is 15.9 Å². The molecule has 0 radical (unpaired) electrons. The molecule has 8 nitrogen and oxygen atoms in total. The highest BCUT2D eigenvalue weighted by atomic mass is 79.9. The number of ketones is 1. The van der Waals surface area contributed by atoms with Crippen molar-refractivity contribution in [2.45, 2.75) is 39.3 Å². The number of amides is 2. The number of nitrogens with zero attached hydrogens (tertiary/aromatic N) is 2. The van der Waals surface area contributed by atoms with E-state index in [1.165, 1.54) is 24.0 Å². The molecule has 3 aromatic carbocycles. The number of Topliss-reactive ketones (excluding diaryl/α,β-unsaturated/α-hetero) is 1. The quantitative estimate of drug-likeness (QED) is 0.279. The maximum Gasteiger partial charge on any atom is 0.244 e. The van der Waals surface area contributed by atoms with Gasteiger partial charge in [-0.15, -0.1) is 0 Å². The molecule has 0 aliphatic heterocycles. The normalized spacial score (nSPS) is 11.9. The van der Waals surface area contributed by atoms with E-state index >= 15 is 0 Å². The summed E-state index contributed by atoms with van der Waals surface area (Å²) >= 11 is 3.46. The van der Waals surface area contributed by atoms with E-state index in [1.54, 1.807) is 12.1 Å². The molecule has 2 amide bonds. The van der Waals surface area contributed by atoms with Gasteiger partial charge in [0.2, 0.25) is 21.8 Å². The van der Waals surface area contributed by atoms with Crippen LogP contribution in [0.2, 0.25) is 0 Å². The molecule has 0 aromatic heterocycles. The number of hydrogen-bond donors (Lipinski definition) is 1. The van der Waals surface area contributed by atoms with Crippen LogP contribution in [0.1, 0.15) is 41.8 Å². The van der Waals surface area contributed by atoms with E-state index in [-0.39, 0.29) is 30.3 Å². The predicted octanol–water partition coefficient (Wildman–Crippen LogP) is 4.58. The second-order valence-corrected chi connectivity index (χ2v) is 12.3. The van der Waals surface area contributed by atoms with Gasteiger partial charge in [0.25, 0.3) is 0 Å². The van der Waals surface area contributed by atoms with Gasteiger partial charge in [0.15, 0.2) is 5.78 Å². The van der Waals surface area contributed by atoms with Gasteiger partial charge >= 0.3 is 0 Å². The fourth-order valence-corrected chi connectivity index (χ4v) is 5.53. The number of halogens is 1. The third kappa shape index (κ3) is 8.76. The van der Waals surface area contributed by atoms with E-state index in [9.17, 15) is 22.8 Å². The number of carbonyl (C=O) groups is 3. The average Bonchev–Trinajstić information content (AvgIpc) is 2.92. The first-order chi connectivity index (χ1) is 19.0. The molecule has 0 aliphatic rings. The number of sulfonamides is 1. The molecule has 0 saturated heterocycles. The molecule has 0 saturated carbocycles. The van der Waals surface area contributed by atoms with E-state index in [4.69, 9.17) is 0 Å². The van der Waals surface area contributed by atoms with Crippen molar-refractivity contribution in [1.29, 1.82) is 0 Å². The minimum absolute atomic E-state index is 0.0837. The molecule has 0 heterocycles. The summed E-state index contributed by atoms with van der Waals surface area (Å²) in [6.07, 6.45) is 1.97. The molecule has 3 aromatic rings. The van der Waals surface area contributed by atoms with Crippen molar-refractivity contribution in [2.75, 3.05) is 23.7 Å². The molecule has 0 bridgehead atoms. The van der Waals surface area contributed by atoms with Crippen LogP contribution in [0.5, 0.6) is 0 Å². The minimum atomic E-state index is -3.92. The summed E-state index contributed by atoms with van der Waals surface area (Å²) < 4.78 is 27.6. The SMILES string of the molecule is CCCNC(=O)C(Cc1ccccc1)N(Cc1cccc(Br)c1)C(=O)CN(c1cccc(C(C)=O)c1)S(C)(=O)=O. The first kappa shape index (κ1) is 31.0. The average molecular weight is 629 g/mol. The van der Waals surface area contributed by atoms with Gasteiger partial charge in [-0.25, -0.2) is 8.42 Å². The second kappa shape index (κ2) is 14.2. The Morgan fingerprint density at radius 3 is 2.23 bits per heavy atom. The summed E-state index contributed by atoms with van der Waals surface area (Å²) in [7, 11) is -3.92. The van der Waals surface area contributed by atoms with Crippen molar-refractivity contribution in [1.82, 2.24) is 10.2 Å². The fraction of sp³-hybridized carbons (Fsp3) is 0.300. The van der Waals surface area contributed by atoms with Crippen molar-refractivity contribution in [2.24, 2.45) is 0 Å². The zero-order chi connectivity index (χ0) is 29.3.